The van der Waals surface area contributed by atoms with Gasteiger partial charge >= 0.3 is 0 Å². The molecule has 0 radical (unpaired) electrons. The zero-order valence-corrected chi connectivity index (χ0v) is 10.6. The highest BCUT2D eigenvalue weighted by molar-refractivity contribution is 5.97. The Bertz CT molecular complexity index is 444. The smallest absolute Gasteiger partial charge is 0.247 e. The maximum atomic E-state index is 12.0. The van der Waals surface area contributed by atoms with E-state index in [9.17, 15) is 9.59 Å². The van der Waals surface area contributed by atoms with Crippen LogP contribution in [0.5, 0.6) is 0 Å². The van der Waals surface area contributed by atoms with Crippen LogP contribution in [-0.4, -0.2) is 17.9 Å². The first-order chi connectivity index (χ1) is 8.63. The minimum absolute atomic E-state index is 0.0993. The van der Waals surface area contributed by atoms with Crippen LogP contribution in [0.1, 0.15) is 31.9 Å². The number of piperazine rings is 1. The molecule has 1 aliphatic rings. The summed E-state index contributed by atoms with van der Waals surface area (Å²) in [5.41, 5.74) is 0.811. The standard InChI is InChI=1S/C14H18N2O2/c1-3-9(2)11-13(17)16-12(14(18)15-11)10-7-5-4-6-8-10/h4-9,11-12H,3H2,1-2H3,(H,15,18)(H,16,17)/t9-,11-,12+/m1/s1. The van der Waals surface area contributed by atoms with Crippen LogP contribution < -0.4 is 10.6 Å². The third-order valence-electron chi connectivity index (χ3n) is 3.47. The third-order valence-corrected chi connectivity index (χ3v) is 3.47. The summed E-state index contributed by atoms with van der Waals surface area (Å²) in [5.74, 6) is -0.0884. The highest BCUT2D eigenvalue weighted by atomic mass is 16.2. The molecule has 4 nitrogen and oxygen atoms in total. The number of hydrogen-bond donors (Lipinski definition) is 2. The van der Waals surface area contributed by atoms with E-state index in [2.05, 4.69) is 10.6 Å². The van der Waals surface area contributed by atoms with Gasteiger partial charge in [-0.05, 0) is 11.5 Å². The van der Waals surface area contributed by atoms with Gasteiger partial charge in [0.15, 0.2) is 0 Å². The molecule has 1 heterocycles. The summed E-state index contributed by atoms with van der Waals surface area (Å²) in [6.07, 6.45) is 0.856. The van der Waals surface area contributed by atoms with Crippen molar-refractivity contribution < 1.29 is 9.59 Å². The lowest BCUT2D eigenvalue weighted by atomic mass is 9.94. The molecule has 2 N–H and O–H groups in total. The molecule has 0 saturated carbocycles. The minimum atomic E-state index is -0.570. The zero-order chi connectivity index (χ0) is 13.1. The van der Waals surface area contributed by atoms with Crippen LogP contribution in [0.15, 0.2) is 30.3 Å². The molecule has 0 aromatic heterocycles. The summed E-state index contributed by atoms with van der Waals surface area (Å²) in [5, 5.41) is 5.61. The van der Waals surface area contributed by atoms with Crippen LogP contribution in [0, 0.1) is 5.92 Å². The van der Waals surface area contributed by atoms with Gasteiger partial charge in [0, 0.05) is 0 Å². The molecule has 1 fully saturated rings. The van der Waals surface area contributed by atoms with Crippen molar-refractivity contribution in [3.8, 4) is 0 Å². The topological polar surface area (TPSA) is 58.2 Å². The van der Waals surface area contributed by atoms with Crippen molar-refractivity contribution in [3.05, 3.63) is 35.9 Å². The molecular formula is C14H18N2O2. The van der Waals surface area contributed by atoms with Crippen molar-refractivity contribution in [2.45, 2.75) is 32.4 Å². The first-order valence-electron chi connectivity index (χ1n) is 6.29. The lowest BCUT2D eigenvalue weighted by Gasteiger charge is -2.32. The van der Waals surface area contributed by atoms with Gasteiger partial charge in [0.2, 0.25) is 11.8 Å². The Kier molecular flexibility index (Phi) is 3.65. The van der Waals surface area contributed by atoms with E-state index < -0.39 is 12.1 Å². The predicted molar refractivity (Wildman–Crippen MR) is 68.7 cm³/mol. The summed E-state index contributed by atoms with van der Waals surface area (Å²) < 4.78 is 0. The van der Waals surface area contributed by atoms with Crippen molar-refractivity contribution in [1.29, 1.82) is 0 Å². The van der Waals surface area contributed by atoms with Crippen LogP contribution in [0.4, 0.5) is 0 Å². The molecule has 2 amide bonds. The van der Waals surface area contributed by atoms with E-state index in [1.54, 1.807) is 0 Å². The molecule has 0 unspecified atom stereocenters. The Morgan fingerprint density at radius 3 is 2.39 bits per heavy atom. The predicted octanol–water partition coefficient (Wildman–Crippen LogP) is 1.39. The van der Waals surface area contributed by atoms with E-state index in [0.717, 1.165) is 12.0 Å². The van der Waals surface area contributed by atoms with E-state index in [1.165, 1.54) is 0 Å². The fraction of sp³-hybridized carbons (Fsp3) is 0.429. The van der Waals surface area contributed by atoms with Crippen LogP contribution in [0.3, 0.4) is 0 Å². The van der Waals surface area contributed by atoms with Gasteiger partial charge in [-0.2, -0.15) is 0 Å². The highest BCUT2D eigenvalue weighted by Crippen LogP contribution is 2.19. The highest BCUT2D eigenvalue weighted by Gasteiger charge is 2.36. The molecule has 1 aliphatic heterocycles. The van der Waals surface area contributed by atoms with Gasteiger partial charge in [-0.3, -0.25) is 9.59 Å². The fourth-order valence-electron chi connectivity index (χ4n) is 2.12. The van der Waals surface area contributed by atoms with Crippen molar-refractivity contribution in [3.63, 3.8) is 0 Å². The molecule has 4 heteroatoms. The summed E-state index contributed by atoms with van der Waals surface area (Å²) in [7, 11) is 0. The maximum absolute atomic E-state index is 12.0. The number of nitrogens with one attached hydrogen (secondary N) is 2. The van der Waals surface area contributed by atoms with Crippen molar-refractivity contribution in [2.24, 2.45) is 5.92 Å². The van der Waals surface area contributed by atoms with E-state index in [-0.39, 0.29) is 17.7 Å². The normalized spacial score (nSPS) is 25.2. The monoisotopic (exact) mass is 246 g/mol. The van der Waals surface area contributed by atoms with E-state index in [4.69, 9.17) is 0 Å². The number of benzene rings is 1. The number of amides is 2. The van der Waals surface area contributed by atoms with E-state index in [1.807, 2.05) is 44.2 Å². The molecule has 18 heavy (non-hydrogen) atoms. The van der Waals surface area contributed by atoms with Gasteiger partial charge < -0.3 is 10.6 Å². The second kappa shape index (κ2) is 5.21. The van der Waals surface area contributed by atoms with Crippen molar-refractivity contribution in [2.75, 3.05) is 0 Å². The Labute approximate surface area is 107 Å². The van der Waals surface area contributed by atoms with Crippen LogP contribution >= 0.6 is 0 Å². The lowest BCUT2D eigenvalue weighted by Crippen LogP contribution is -2.59. The Morgan fingerprint density at radius 1 is 1.11 bits per heavy atom. The summed E-state index contributed by atoms with van der Waals surface area (Å²) in [6, 6.07) is 8.29. The summed E-state index contributed by atoms with van der Waals surface area (Å²) >= 11 is 0. The molecule has 3 atom stereocenters. The second-order valence-corrected chi connectivity index (χ2v) is 4.72. The Hall–Kier alpha value is -1.84. The van der Waals surface area contributed by atoms with Crippen molar-refractivity contribution >= 4 is 11.8 Å². The first-order valence-corrected chi connectivity index (χ1v) is 6.29. The fourth-order valence-corrected chi connectivity index (χ4v) is 2.12. The molecule has 1 aromatic carbocycles. The van der Waals surface area contributed by atoms with Crippen LogP contribution in [0.2, 0.25) is 0 Å². The van der Waals surface area contributed by atoms with Gasteiger partial charge in [0.1, 0.15) is 12.1 Å². The summed E-state index contributed by atoms with van der Waals surface area (Å²) in [6.45, 7) is 3.97. The molecular weight excluding hydrogens is 228 g/mol. The second-order valence-electron chi connectivity index (χ2n) is 4.72. The van der Waals surface area contributed by atoms with Gasteiger partial charge in [-0.15, -0.1) is 0 Å². The largest absolute Gasteiger partial charge is 0.342 e. The molecule has 2 rings (SSSR count). The molecule has 96 valence electrons. The first kappa shape index (κ1) is 12.6. The van der Waals surface area contributed by atoms with Crippen molar-refractivity contribution in [1.82, 2.24) is 10.6 Å². The number of rotatable bonds is 3. The number of carbonyl (C=O) groups excluding carboxylic acids is 2. The molecule has 1 aromatic rings. The Balaban J connectivity index is 2.16. The van der Waals surface area contributed by atoms with Gasteiger partial charge in [-0.25, -0.2) is 0 Å². The van der Waals surface area contributed by atoms with Gasteiger partial charge in [0.25, 0.3) is 0 Å². The average Bonchev–Trinajstić information content (AvgIpc) is 2.41. The quantitative estimate of drug-likeness (QED) is 0.846. The molecule has 1 saturated heterocycles. The Morgan fingerprint density at radius 2 is 1.78 bits per heavy atom. The van der Waals surface area contributed by atoms with Gasteiger partial charge in [0.05, 0.1) is 0 Å². The van der Waals surface area contributed by atoms with E-state index >= 15 is 0 Å². The van der Waals surface area contributed by atoms with Crippen LogP contribution in [-0.2, 0) is 9.59 Å². The van der Waals surface area contributed by atoms with E-state index in [0.29, 0.717) is 0 Å². The van der Waals surface area contributed by atoms with Crippen LogP contribution in [0.25, 0.3) is 0 Å². The lowest BCUT2D eigenvalue weighted by molar-refractivity contribution is -0.138. The average molecular weight is 246 g/mol. The minimum Gasteiger partial charge on any atom is -0.342 e. The SMILES string of the molecule is CC[C@@H](C)[C@H]1NC(=O)[C@H](c2ccccc2)NC1=O. The number of carbonyl (C=O) groups is 2. The molecule has 0 spiro atoms. The number of hydrogen-bond acceptors (Lipinski definition) is 2. The summed E-state index contributed by atoms with van der Waals surface area (Å²) in [4.78, 5) is 24.0. The maximum Gasteiger partial charge on any atom is 0.247 e. The third kappa shape index (κ3) is 2.37. The molecule has 0 bridgehead atoms. The molecule has 0 aliphatic carbocycles. The zero-order valence-electron chi connectivity index (χ0n) is 10.6. The van der Waals surface area contributed by atoms with Gasteiger partial charge in [-0.1, -0.05) is 50.6 Å².